The highest BCUT2D eigenvalue weighted by Crippen LogP contribution is 2.28. The van der Waals surface area contributed by atoms with Crippen LogP contribution in [0, 0.1) is 0 Å². The van der Waals surface area contributed by atoms with E-state index in [1.165, 1.54) is 5.56 Å². The quantitative estimate of drug-likeness (QED) is 0.795. The van der Waals surface area contributed by atoms with Gasteiger partial charge in [0.15, 0.2) is 6.29 Å². The summed E-state index contributed by atoms with van der Waals surface area (Å²) in [4.78, 5) is 0. The Morgan fingerprint density at radius 2 is 2.06 bits per heavy atom. The molecule has 0 aliphatic carbocycles. The summed E-state index contributed by atoms with van der Waals surface area (Å²) in [5.41, 5.74) is 2.33. The monoisotopic (exact) mass is 237 g/mol. The van der Waals surface area contributed by atoms with Crippen molar-refractivity contribution in [3.8, 4) is 5.75 Å². The van der Waals surface area contributed by atoms with Crippen molar-refractivity contribution in [1.29, 1.82) is 0 Å². The highest BCUT2D eigenvalue weighted by atomic mass is 16.7. The Morgan fingerprint density at radius 3 is 2.76 bits per heavy atom. The fourth-order valence-corrected chi connectivity index (χ4v) is 2.11. The first-order valence-corrected chi connectivity index (χ1v) is 5.82. The van der Waals surface area contributed by atoms with Gasteiger partial charge in [0.25, 0.3) is 0 Å². The smallest absolute Gasteiger partial charge is 0.176 e. The van der Waals surface area contributed by atoms with E-state index in [1.54, 1.807) is 14.2 Å². The Hall–Kier alpha value is -1.26. The van der Waals surface area contributed by atoms with Gasteiger partial charge in [0.1, 0.15) is 5.75 Å². The van der Waals surface area contributed by atoms with Crippen LogP contribution in [0.25, 0.3) is 0 Å². The van der Waals surface area contributed by atoms with Gasteiger partial charge < -0.3 is 19.5 Å². The van der Waals surface area contributed by atoms with Crippen molar-refractivity contribution in [3.63, 3.8) is 0 Å². The molecule has 1 unspecified atom stereocenters. The van der Waals surface area contributed by atoms with E-state index in [4.69, 9.17) is 14.2 Å². The van der Waals surface area contributed by atoms with E-state index in [-0.39, 0.29) is 12.3 Å². The number of hydrogen-bond donors (Lipinski definition) is 1. The fourth-order valence-electron chi connectivity index (χ4n) is 2.11. The molecule has 1 aromatic rings. The molecule has 0 amide bonds. The number of rotatable bonds is 5. The molecule has 0 saturated carbocycles. The number of benzene rings is 1. The van der Waals surface area contributed by atoms with E-state index >= 15 is 0 Å². The predicted molar refractivity (Wildman–Crippen MR) is 66.5 cm³/mol. The van der Waals surface area contributed by atoms with E-state index in [0.717, 1.165) is 24.5 Å². The molecule has 0 fully saturated rings. The summed E-state index contributed by atoms with van der Waals surface area (Å²) in [5, 5.41) is 3.37. The highest BCUT2D eigenvalue weighted by Gasteiger charge is 2.17. The van der Waals surface area contributed by atoms with Crippen LogP contribution in [0.2, 0.25) is 0 Å². The van der Waals surface area contributed by atoms with Crippen molar-refractivity contribution in [3.05, 3.63) is 23.8 Å². The summed E-state index contributed by atoms with van der Waals surface area (Å²) in [6, 6.07) is 6.24. The van der Waals surface area contributed by atoms with Crippen LogP contribution in [0.1, 0.15) is 12.5 Å². The minimum atomic E-state index is -0.250. The van der Waals surface area contributed by atoms with E-state index in [9.17, 15) is 0 Å². The fraction of sp³-hybridized carbons (Fsp3) is 0.538. The zero-order valence-electron chi connectivity index (χ0n) is 10.5. The van der Waals surface area contributed by atoms with Crippen LogP contribution in [-0.4, -0.2) is 33.2 Å². The second kappa shape index (κ2) is 5.38. The average molecular weight is 237 g/mol. The first-order chi connectivity index (χ1) is 8.24. The number of anilines is 1. The summed E-state index contributed by atoms with van der Waals surface area (Å²) in [6.45, 7) is 2.81. The minimum Gasteiger partial charge on any atom is -0.493 e. The molecule has 1 N–H and O–H groups in total. The first-order valence-electron chi connectivity index (χ1n) is 5.82. The molecule has 2 rings (SSSR count). The molecule has 0 spiro atoms. The molecule has 4 nitrogen and oxygen atoms in total. The van der Waals surface area contributed by atoms with Gasteiger partial charge in [0.2, 0.25) is 0 Å². The standard InChI is InChI=1S/C13H19NO3/c1-9(13(15-2)16-3)14-11-4-5-12-10(8-11)6-7-17-12/h4-5,8-9,13-14H,6-7H2,1-3H3. The Labute approximate surface area is 102 Å². The zero-order valence-corrected chi connectivity index (χ0v) is 10.5. The number of nitrogens with one attached hydrogen (secondary N) is 1. The molecule has 1 atom stereocenters. The molecule has 1 aliphatic heterocycles. The van der Waals surface area contributed by atoms with Gasteiger partial charge in [0.05, 0.1) is 12.6 Å². The van der Waals surface area contributed by atoms with Gasteiger partial charge in [-0.25, -0.2) is 0 Å². The van der Waals surface area contributed by atoms with E-state index in [2.05, 4.69) is 11.4 Å². The van der Waals surface area contributed by atoms with Crippen LogP contribution in [0.4, 0.5) is 5.69 Å². The summed E-state index contributed by atoms with van der Waals surface area (Å²) < 4.78 is 15.9. The van der Waals surface area contributed by atoms with Crippen LogP contribution in [0.15, 0.2) is 18.2 Å². The van der Waals surface area contributed by atoms with Crippen LogP contribution in [-0.2, 0) is 15.9 Å². The molecule has 0 aromatic heterocycles. The lowest BCUT2D eigenvalue weighted by atomic mass is 10.1. The molecule has 94 valence electrons. The van der Waals surface area contributed by atoms with Gasteiger partial charge >= 0.3 is 0 Å². The van der Waals surface area contributed by atoms with Gasteiger partial charge in [-0.3, -0.25) is 0 Å². The van der Waals surface area contributed by atoms with Crippen LogP contribution >= 0.6 is 0 Å². The third kappa shape index (κ3) is 2.70. The Kier molecular flexibility index (Phi) is 3.86. The lowest BCUT2D eigenvalue weighted by Gasteiger charge is -2.23. The normalized spacial score (nSPS) is 15.5. The van der Waals surface area contributed by atoms with Crippen molar-refractivity contribution in [2.75, 3.05) is 26.1 Å². The van der Waals surface area contributed by atoms with Crippen LogP contribution in [0.3, 0.4) is 0 Å². The molecule has 0 saturated heterocycles. The summed E-state index contributed by atoms with van der Waals surface area (Å²) in [6.07, 6.45) is 0.733. The first kappa shape index (κ1) is 12.2. The molecule has 1 aliphatic rings. The predicted octanol–water partition coefficient (Wildman–Crippen LogP) is 2.04. The maximum absolute atomic E-state index is 5.47. The van der Waals surface area contributed by atoms with Gasteiger partial charge in [-0.15, -0.1) is 0 Å². The molecular weight excluding hydrogens is 218 g/mol. The maximum atomic E-state index is 5.47. The van der Waals surface area contributed by atoms with E-state index in [1.807, 2.05) is 19.1 Å². The van der Waals surface area contributed by atoms with Crippen LogP contribution < -0.4 is 10.1 Å². The number of fused-ring (bicyclic) bond motifs is 1. The van der Waals surface area contributed by atoms with Gasteiger partial charge in [-0.05, 0) is 30.7 Å². The van der Waals surface area contributed by atoms with Gasteiger partial charge in [-0.1, -0.05) is 0 Å². The van der Waals surface area contributed by atoms with Crippen molar-refractivity contribution < 1.29 is 14.2 Å². The topological polar surface area (TPSA) is 39.7 Å². The lowest BCUT2D eigenvalue weighted by molar-refractivity contribution is -0.109. The third-order valence-electron chi connectivity index (χ3n) is 2.96. The number of methoxy groups -OCH3 is 2. The number of ether oxygens (including phenoxy) is 3. The molecule has 17 heavy (non-hydrogen) atoms. The summed E-state index contributed by atoms with van der Waals surface area (Å²) >= 11 is 0. The van der Waals surface area contributed by atoms with E-state index < -0.39 is 0 Å². The molecule has 0 bridgehead atoms. The largest absolute Gasteiger partial charge is 0.493 e. The Balaban J connectivity index is 2.03. The minimum absolute atomic E-state index is 0.0883. The molecule has 4 heteroatoms. The van der Waals surface area contributed by atoms with Crippen LogP contribution in [0.5, 0.6) is 5.75 Å². The third-order valence-corrected chi connectivity index (χ3v) is 2.96. The van der Waals surface area contributed by atoms with Crippen molar-refractivity contribution >= 4 is 5.69 Å². The second-order valence-electron chi connectivity index (χ2n) is 4.19. The summed E-state index contributed by atoms with van der Waals surface area (Å²) in [7, 11) is 3.28. The molecule has 1 heterocycles. The second-order valence-corrected chi connectivity index (χ2v) is 4.19. The van der Waals surface area contributed by atoms with Crippen molar-refractivity contribution in [2.24, 2.45) is 0 Å². The number of hydrogen-bond acceptors (Lipinski definition) is 4. The SMILES string of the molecule is COC(OC)C(C)Nc1ccc2c(c1)CCO2. The molecule has 1 aromatic carbocycles. The average Bonchev–Trinajstić information content (AvgIpc) is 2.77. The highest BCUT2D eigenvalue weighted by molar-refractivity contribution is 5.52. The van der Waals surface area contributed by atoms with Crippen molar-refractivity contribution in [1.82, 2.24) is 0 Å². The lowest BCUT2D eigenvalue weighted by Crippen LogP contribution is -2.33. The Bertz CT molecular complexity index is 377. The summed E-state index contributed by atoms with van der Waals surface area (Å²) in [5.74, 6) is 0.998. The van der Waals surface area contributed by atoms with Crippen molar-refractivity contribution in [2.45, 2.75) is 25.7 Å². The van der Waals surface area contributed by atoms with Gasteiger partial charge in [0, 0.05) is 26.3 Å². The molecular formula is C13H19NO3. The zero-order chi connectivity index (χ0) is 12.3. The molecule has 0 radical (unpaired) electrons. The Morgan fingerprint density at radius 1 is 1.29 bits per heavy atom. The van der Waals surface area contributed by atoms with Gasteiger partial charge in [-0.2, -0.15) is 0 Å². The maximum Gasteiger partial charge on any atom is 0.176 e. The van der Waals surface area contributed by atoms with E-state index in [0.29, 0.717) is 0 Å².